The molecule has 1 fully saturated rings. The number of aromatic hydroxyl groups is 1. The van der Waals surface area contributed by atoms with Crippen LogP contribution in [0.15, 0.2) is 18.2 Å². The zero-order valence-corrected chi connectivity index (χ0v) is 18.3. The first-order valence-electron chi connectivity index (χ1n) is 9.68. The Hall–Kier alpha value is -1.85. The van der Waals surface area contributed by atoms with E-state index in [1.165, 1.54) is 11.1 Å². The van der Waals surface area contributed by atoms with Crippen LogP contribution in [0.2, 0.25) is 0 Å². The van der Waals surface area contributed by atoms with Gasteiger partial charge in [0.05, 0.1) is 5.60 Å². The first-order chi connectivity index (χ1) is 13.5. The predicted molar refractivity (Wildman–Crippen MR) is 119 cm³/mol. The van der Waals surface area contributed by atoms with E-state index in [1.807, 2.05) is 34.7 Å². The third-order valence-electron chi connectivity index (χ3n) is 5.92. The van der Waals surface area contributed by atoms with Gasteiger partial charge in [-0.25, -0.2) is 0 Å². The van der Waals surface area contributed by atoms with Crippen molar-refractivity contribution >= 4 is 28.4 Å². The zero-order chi connectivity index (χ0) is 19.7. The van der Waals surface area contributed by atoms with E-state index in [2.05, 4.69) is 32.3 Å². The van der Waals surface area contributed by atoms with Crippen LogP contribution in [0.4, 0.5) is 5.82 Å². The summed E-state index contributed by atoms with van der Waals surface area (Å²) < 4.78 is 8.39. The summed E-state index contributed by atoms with van der Waals surface area (Å²) in [6.45, 7) is 2.14. The van der Waals surface area contributed by atoms with E-state index in [0.29, 0.717) is 6.04 Å². The minimum absolute atomic E-state index is 0.0283. The van der Waals surface area contributed by atoms with Crippen molar-refractivity contribution in [1.82, 2.24) is 10.2 Å². The molecule has 1 saturated carbocycles. The summed E-state index contributed by atoms with van der Waals surface area (Å²) in [5.41, 5.74) is 4.74. The molecular formula is C22H24IN3O2. The molecule has 5 nitrogen and oxygen atoms in total. The molecule has 2 aliphatic carbocycles. The summed E-state index contributed by atoms with van der Waals surface area (Å²) in [4.78, 5) is 0. The molecule has 2 N–H and O–H groups in total. The maximum absolute atomic E-state index is 10.6. The number of benzene rings is 1. The number of nitrogens with zero attached hydrogens (tertiary/aromatic N) is 2. The number of rotatable bonds is 4. The Balaban J connectivity index is 1.66. The maximum atomic E-state index is 10.6. The van der Waals surface area contributed by atoms with Crippen molar-refractivity contribution in [3.63, 3.8) is 0 Å². The number of anilines is 1. The fourth-order valence-electron chi connectivity index (χ4n) is 4.29. The van der Waals surface area contributed by atoms with Gasteiger partial charge < -0.3 is 15.2 Å². The third-order valence-corrected chi connectivity index (χ3v) is 6.19. The molecule has 1 aromatic carbocycles. The lowest BCUT2D eigenvalue weighted by molar-refractivity contribution is -0.0625. The highest BCUT2D eigenvalue weighted by molar-refractivity contribution is 14.1. The number of ether oxygens (including phenoxy) is 1. The molecule has 146 valence electrons. The number of halogens is 1. The summed E-state index contributed by atoms with van der Waals surface area (Å²) >= 11 is 2.00. The quantitative estimate of drug-likeness (QED) is 0.491. The van der Waals surface area contributed by atoms with Crippen LogP contribution in [0.1, 0.15) is 49.3 Å². The molecule has 2 aliphatic rings. The number of nitrogens with one attached hydrogen (secondary N) is 1. The second kappa shape index (κ2) is 7.88. The van der Waals surface area contributed by atoms with E-state index in [0.717, 1.165) is 61.2 Å². The Kier molecular flexibility index (Phi) is 5.48. The van der Waals surface area contributed by atoms with Crippen LogP contribution in [0, 0.1) is 9.85 Å². The fourth-order valence-corrected chi connectivity index (χ4v) is 4.60. The van der Waals surface area contributed by atoms with Crippen molar-refractivity contribution in [2.45, 2.75) is 57.1 Å². The molecule has 28 heavy (non-hydrogen) atoms. The molecule has 0 atom stereocenters. The van der Waals surface area contributed by atoms with Gasteiger partial charge in [0, 0.05) is 52.4 Å². The summed E-state index contributed by atoms with van der Waals surface area (Å²) in [5, 5.41) is 23.2. The number of hydrogen-bond donors (Lipinski definition) is 2. The summed E-state index contributed by atoms with van der Waals surface area (Å²) in [5.74, 6) is 4.06. The highest BCUT2D eigenvalue weighted by Gasteiger charge is 2.41. The van der Waals surface area contributed by atoms with Crippen LogP contribution in [-0.2, 0) is 17.6 Å². The predicted octanol–water partition coefficient (Wildman–Crippen LogP) is 4.45. The van der Waals surface area contributed by atoms with Gasteiger partial charge in [-0.05, 0) is 73.1 Å². The lowest BCUT2D eigenvalue weighted by atomic mass is 9.77. The molecule has 0 amide bonds. The summed E-state index contributed by atoms with van der Waals surface area (Å²) in [6, 6.07) is 5.89. The van der Waals surface area contributed by atoms with E-state index in [-0.39, 0.29) is 11.4 Å². The number of fused-ring (bicyclic) bond motifs is 1. The number of phenolic OH excluding ortho intramolecular Hbond substituents is 1. The van der Waals surface area contributed by atoms with Gasteiger partial charge in [0.25, 0.3) is 0 Å². The molecule has 1 heterocycles. The van der Waals surface area contributed by atoms with Gasteiger partial charge in [-0.2, -0.15) is 0 Å². The van der Waals surface area contributed by atoms with Crippen molar-refractivity contribution in [2.75, 3.05) is 12.4 Å². The van der Waals surface area contributed by atoms with Crippen molar-refractivity contribution in [3.8, 4) is 26.9 Å². The van der Waals surface area contributed by atoms with Gasteiger partial charge in [0.2, 0.25) is 0 Å². The van der Waals surface area contributed by atoms with Crippen LogP contribution >= 0.6 is 22.6 Å². The second-order valence-corrected chi connectivity index (χ2v) is 8.46. The topological polar surface area (TPSA) is 67.3 Å². The molecule has 0 spiro atoms. The third kappa shape index (κ3) is 3.70. The van der Waals surface area contributed by atoms with Gasteiger partial charge in [-0.15, -0.1) is 10.2 Å². The van der Waals surface area contributed by atoms with Gasteiger partial charge >= 0.3 is 0 Å². The molecule has 0 bridgehead atoms. The lowest BCUT2D eigenvalue weighted by Crippen LogP contribution is -2.50. The minimum atomic E-state index is -0.0283. The summed E-state index contributed by atoms with van der Waals surface area (Å²) in [6.07, 6.45) is 6.19. The molecule has 0 saturated heterocycles. The highest BCUT2D eigenvalue weighted by atomic mass is 127. The Bertz CT molecular complexity index is 958. The van der Waals surface area contributed by atoms with Crippen molar-refractivity contribution in [2.24, 2.45) is 0 Å². The van der Waals surface area contributed by atoms with Gasteiger partial charge in [-0.3, -0.25) is 0 Å². The largest absolute Gasteiger partial charge is 0.507 e. The number of aromatic nitrogens is 2. The Morgan fingerprint density at radius 3 is 2.64 bits per heavy atom. The van der Waals surface area contributed by atoms with Crippen LogP contribution in [-0.4, -0.2) is 34.1 Å². The van der Waals surface area contributed by atoms with Crippen molar-refractivity contribution < 1.29 is 9.84 Å². The average Bonchev–Trinajstić information content (AvgIpc) is 2.68. The minimum Gasteiger partial charge on any atom is -0.507 e. The van der Waals surface area contributed by atoms with Gasteiger partial charge in [-0.1, -0.05) is 5.92 Å². The highest BCUT2D eigenvalue weighted by Crippen LogP contribution is 2.40. The van der Waals surface area contributed by atoms with Crippen molar-refractivity contribution in [3.05, 3.63) is 34.9 Å². The molecule has 0 unspecified atom stereocenters. The zero-order valence-electron chi connectivity index (χ0n) is 16.2. The number of methoxy groups -OCH3 is 1. The van der Waals surface area contributed by atoms with Crippen LogP contribution in [0.5, 0.6) is 5.75 Å². The molecule has 2 aromatic rings. The van der Waals surface area contributed by atoms with Crippen LogP contribution in [0.3, 0.4) is 0 Å². The second-order valence-electron chi connectivity index (χ2n) is 7.92. The van der Waals surface area contributed by atoms with Gasteiger partial charge in [0.1, 0.15) is 11.4 Å². The normalized spacial score (nSPS) is 23.2. The first kappa shape index (κ1) is 19.5. The average molecular weight is 489 g/mol. The lowest BCUT2D eigenvalue weighted by Gasteiger charge is -2.44. The van der Waals surface area contributed by atoms with E-state index in [9.17, 15) is 5.11 Å². The molecule has 6 heteroatoms. The maximum Gasteiger partial charge on any atom is 0.152 e. The molecule has 1 aromatic heterocycles. The number of hydrogen-bond acceptors (Lipinski definition) is 5. The Morgan fingerprint density at radius 2 is 1.96 bits per heavy atom. The van der Waals surface area contributed by atoms with E-state index < -0.39 is 0 Å². The molecule has 0 aliphatic heterocycles. The van der Waals surface area contributed by atoms with E-state index >= 15 is 0 Å². The Morgan fingerprint density at radius 1 is 1.21 bits per heavy atom. The molecule has 4 rings (SSSR count). The smallest absolute Gasteiger partial charge is 0.152 e. The van der Waals surface area contributed by atoms with E-state index in [1.54, 1.807) is 13.2 Å². The standard InChI is InChI=1S/C22H24IN3O2/c1-22(28-2)12-15(13-22)24-21-17-6-4-3-5-16(17)20(25-26-21)18-8-7-14(9-10-23)11-19(18)27/h7-8,11,15,27H,3-6,12-13H2,1-2H3,(H,24,26). The van der Waals surface area contributed by atoms with Crippen LogP contribution in [0.25, 0.3) is 11.3 Å². The van der Waals surface area contributed by atoms with Crippen molar-refractivity contribution in [1.29, 1.82) is 0 Å². The Labute approximate surface area is 179 Å². The number of phenols is 1. The van der Waals surface area contributed by atoms with E-state index in [4.69, 9.17) is 4.74 Å². The monoisotopic (exact) mass is 489 g/mol. The summed E-state index contributed by atoms with van der Waals surface area (Å²) in [7, 11) is 1.77. The molecule has 0 radical (unpaired) electrons. The fraction of sp³-hybridized carbons (Fsp3) is 0.455. The molecular weight excluding hydrogens is 465 g/mol. The SMILES string of the molecule is COC1(C)CC(Nc2nnc(-c3ccc(C#CI)cc3O)c3c2CCCC3)C1. The van der Waals surface area contributed by atoms with Gasteiger partial charge in [0.15, 0.2) is 5.82 Å². The van der Waals surface area contributed by atoms with Crippen LogP contribution < -0.4 is 5.32 Å². The first-order valence-corrected chi connectivity index (χ1v) is 10.8.